The van der Waals surface area contributed by atoms with Gasteiger partial charge in [0, 0.05) is 19.0 Å². The van der Waals surface area contributed by atoms with E-state index in [2.05, 4.69) is 15.5 Å². The first-order valence-electron chi connectivity index (χ1n) is 5.71. The van der Waals surface area contributed by atoms with Gasteiger partial charge >= 0.3 is 6.18 Å². The summed E-state index contributed by atoms with van der Waals surface area (Å²) in [5, 5.41) is 4.00. The summed E-state index contributed by atoms with van der Waals surface area (Å²) in [6, 6.07) is -0.889. The second-order valence-electron chi connectivity index (χ2n) is 4.64. The van der Waals surface area contributed by atoms with Crippen LogP contribution in [0.1, 0.15) is 26.1 Å². The largest absolute Gasteiger partial charge is 0.390 e. The zero-order valence-corrected chi connectivity index (χ0v) is 10.4. The second kappa shape index (κ2) is 6.14. The molecule has 104 valence electrons. The summed E-state index contributed by atoms with van der Waals surface area (Å²) >= 11 is 0. The molecule has 1 aromatic rings. The molecule has 1 aromatic heterocycles. The average molecular weight is 265 g/mol. The van der Waals surface area contributed by atoms with Gasteiger partial charge in [-0.1, -0.05) is 13.8 Å². The molecule has 1 unspecified atom stereocenters. The third-order valence-electron chi connectivity index (χ3n) is 2.38. The van der Waals surface area contributed by atoms with Crippen molar-refractivity contribution in [1.82, 2.24) is 20.2 Å². The van der Waals surface area contributed by atoms with Crippen molar-refractivity contribution in [2.75, 3.05) is 0 Å². The number of hydrogen-bond donors (Lipinski definition) is 2. The first-order valence-corrected chi connectivity index (χ1v) is 5.71. The van der Waals surface area contributed by atoms with Crippen LogP contribution in [0.3, 0.4) is 0 Å². The van der Waals surface area contributed by atoms with Gasteiger partial charge < -0.3 is 0 Å². The number of hydrazine groups is 1. The lowest BCUT2D eigenvalue weighted by Gasteiger charge is -2.18. The second-order valence-corrected chi connectivity index (χ2v) is 4.64. The third kappa shape index (κ3) is 5.01. The van der Waals surface area contributed by atoms with Crippen molar-refractivity contribution in [1.29, 1.82) is 0 Å². The lowest BCUT2D eigenvalue weighted by molar-refractivity contribution is -0.140. The van der Waals surface area contributed by atoms with E-state index in [4.69, 9.17) is 5.84 Å². The van der Waals surface area contributed by atoms with Crippen LogP contribution in [0.4, 0.5) is 13.2 Å². The molecule has 8 heteroatoms. The molecule has 0 saturated heterocycles. The minimum absolute atomic E-state index is 0.0999. The molecule has 5 nitrogen and oxygen atoms in total. The molecule has 0 saturated carbocycles. The molecule has 0 aliphatic heterocycles. The lowest BCUT2D eigenvalue weighted by atomic mass is 10.1. The molecule has 1 atom stereocenters. The van der Waals surface area contributed by atoms with Gasteiger partial charge in [0.25, 0.3) is 0 Å². The summed E-state index contributed by atoms with van der Waals surface area (Å²) in [6.45, 7) is 4.62. The van der Waals surface area contributed by atoms with E-state index >= 15 is 0 Å². The molecule has 0 spiro atoms. The van der Waals surface area contributed by atoms with Gasteiger partial charge in [0.15, 0.2) is 0 Å². The Balaban J connectivity index is 2.67. The molecule has 0 aliphatic carbocycles. The lowest BCUT2D eigenvalue weighted by Crippen LogP contribution is -2.40. The Morgan fingerprint density at radius 3 is 2.61 bits per heavy atom. The topological polar surface area (TPSA) is 68.8 Å². The van der Waals surface area contributed by atoms with Gasteiger partial charge in [-0.05, 0) is 5.92 Å². The molecule has 18 heavy (non-hydrogen) atoms. The molecule has 0 fully saturated rings. The minimum atomic E-state index is -4.25. The average Bonchev–Trinajstić information content (AvgIpc) is 2.61. The smallest absolute Gasteiger partial charge is 0.271 e. The quantitative estimate of drug-likeness (QED) is 0.600. The summed E-state index contributed by atoms with van der Waals surface area (Å²) in [5.74, 6) is 6.00. The Kier molecular flexibility index (Phi) is 5.09. The fraction of sp³-hybridized carbons (Fsp3) is 0.800. The van der Waals surface area contributed by atoms with Crippen LogP contribution in [0.5, 0.6) is 0 Å². The third-order valence-corrected chi connectivity index (χ3v) is 2.38. The van der Waals surface area contributed by atoms with Gasteiger partial charge in [0.2, 0.25) is 0 Å². The molecule has 0 aliphatic rings. The van der Waals surface area contributed by atoms with E-state index in [9.17, 15) is 13.2 Å². The van der Waals surface area contributed by atoms with Crippen molar-refractivity contribution < 1.29 is 13.2 Å². The van der Waals surface area contributed by atoms with Crippen molar-refractivity contribution in [2.24, 2.45) is 11.8 Å². The molecule has 0 amide bonds. The van der Waals surface area contributed by atoms with E-state index in [-0.39, 0.29) is 6.42 Å². The van der Waals surface area contributed by atoms with Crippen molar-refractivity contribution in [3.63, 3.8) is 0 Å². The van der Waals surface area contributed by atoms with Crippen molar-refractivity contribution >= 4 is 0 Å². The van der Waals surface area contributed by atoms with Crippen LogP contribution < -0.4 is 11.3 Å². The molecular formula is C10H18F3N5. The summed E-state index contributed by atoms with van der Waals surface area (Å²) in [5.41, 5.74) is 2.18. The van der Waals surface area contributed by atoms with Crippen LogP contribution >= 0.6 is 0 Å². The van der Waals surface area contributed by atoms with Crippen molar-refractivity contribution in [3.05, 3.63) is 12.2 Å². The predicted molar refractivity (Wildman–Crippen MR) is 60.3 cm³/mol. The van der Waals surface area contributed by atoms with Crippen LogP contribution in [-0.2, 0) is 13.0 Å². The normalized spacial score (nSPS) is 14.2. The van der Waals surface area contributed by atoms with Crippen LogP contribution in [-0.4, -0.2) is 27.0 Å². The van der Waals surface area contributed by atoms with E-state index in [0.29, 0.717) is 18.3 Å². The Bertz CT molecular complexity index is 361. The zero-order chi connectivity index (χ0) is 13.8. The van der Waals surface area contributed by atoms with Crippen molar-refractivity contribution in [2.45, 2.75) is 45.5 Å². The number of hydrogen-bond acceptors (Lipinski definition) is 4. The Hall–Kier alpha value is -1.15. The Labute approximate surface area is 104 Å². The fourth-order valence-electron chi connectivity index (χ4n) is 1.63. The maximum absolute atomic E-state index is 12.3. The SMILES string of the molecule is CC(C)Cn1ncnc1CC(CC(F)(F)F)NN. The fourth-order valence-corrected chi connectivity index (χ4v) is 1.63. The van der Waals surface area contributed by atoms with E-state index < -0.39 is 18.6 Å². The number of rotatable bonds is 6. The summed E-state index contributed by atoms with van der Waals surface area (Å²) in [7, 11) is 0. The van der Waals surface area contributed by atoms with Crippen LogP contribution in [0, 0.1) is 5.92 Å². The molecule has 0 radical (unpaired) electrons. The van der Waals surface area contributed by atoms with Gasteiger partial charge in [0.1, 0.15) is 12.2 Å². The maximum atomic E-state index is 12.3. The highest BCUT2D eigenvalue weighted by Crippen LogP contribution is 2.22. The van der Waals surface area contributed by atoms with E-state index in [1.165, 1.54) is 6.33 Å². The predicted octanol–water partition coefficient (Wildman–Crippen LogP) is 1.26. The van der Waals surface area contributed by atoms with Gasteiger partial charge in [0.05, 0.1) is 6.42 Å². The van der Waals surface area contributed by atoms with Crippen LogP contribution in [0.25, 0.3) is 0 Å². The molecular weight excluding hydrogens is 247 g/mol. The molecule has 1 heterocycles. The monoisotopic (exact) mass is 265 g/mol. The number of nitrogens with one attached hydrogen (secondary N) is 1. The van der Waals surface area contributed by atoms with Crippen molar-refractivity contribution in [3.8, 4) is 0 Å². The summed E-state index contributed by atoms with van der Waals surface area (Å²) in [6.07, 6.45) is -3.79. The Morgan fingerprint density at radius 2 is 2.11 bits per heavy atom. The number of nitrogens with two attached hydrogens (primary N) is 1. The number of nitrogens with zero attached hydrogens (tertiary/aromatic N) is 3. The minimum Gasteiger partial charge on any atom is -0.271 e. The van der Waals surface area contributed by atoms with Crippen LogP contribution in [0.15, 0.2) is 6.33 Å². The molecule has 1 rings (SSSR count). The highest BCUT2D eigenvalue weighted by atomic mass is 19.4. The van der Waals surface area contributed by atoms with Gasteiger partial charge in [-0.2, -0.15) is 18.3 Å². The Morgan fingerprint density at radius 1 is 1.44 bits per heavy atom. The highest BCUT2D eigenvalue weighted by molar-refractivity contribution is 4.90. The molecule has 3 N–H and O–H groups in total. The standard InChI is InChI=1S/C10H18F3N5/c1-7(2)5-18-9(15-6-16-18)3-8(17-14)4-10(11,12)13/h6-8,17H,3-5,14H2,1-2H3. The van der Waals surface area contributed by atoms with Gasteiger partial charge in [-0.3, -0.25) is 11.3 Å². The van der Waals surface area contributed by atoms with E-state index in [1.54, 1.807) is 4.68 Å². The van der Waals surface area contributed by atoms with Crippen LogP contribution in [0.2, 0.25) is 0 Å². The highest BCUT2D eigenvalue weighted by Gasteiger charge is 2.32. The zero-order valence-electron chi connectivity index (χ0n) is 10.4. The van der Waals surface area contributed by atoms with E-state index in [0.717, 1.165) is 0 Å². The molecule has 0 aromatic carbocycles. The molecule has 0 bridgehead atoms. The maximum Gasteiger partial charge on any atom is 0.390 e. The first kappa shape index (κ1) is 14.9. The summed E-state index contributed by atoms with van der Waals surface area (Å²) in [4.78, 5) is 3.98. The van der Waals surface area contributed by atoms with E-state index in [1.807, 2.05) is 13.8 Å². The first-order chi connectivity index (χ1) is 8.31. The number of halogens is 3. The summed E-state index contributed by atoms with van der Waals surface area (Å²) < 4.78 is 38.5. The number of alkyl halides is 3. The number of aromatic nitrogens is 3. The van der Waals surface area contributed by atoms with Gasteiger partial charge in [-0.15, -0.1) is 0 Å². The van der Waals surface area contributed by atoms with Gasteiger partial charge in [-0.25, -0.2) is 9.67 Å².